The molecule has 1 aromatic heterocycles. The van der Waals surface area contributed by atoms with Gasteiger partial charge in [0.1, 0.15) is 5.75 Å². The Bertz CT molecular complexity index is 697. The first-order valence-corrected chi connectivity index (χ1v) is 8.85. The molecule has 1 amide bonds. The fraction of sp³-hybridized carbons (Fsp3) is 0.400. The third-order valence-electron chi connectivity index (χ3n) is 4.73. The summed E-state index contributed by atoms with van der Waals surface area (Å²) in [4.78, 5) is 21.4. The monoisotopic (exact) mass is 339 g/mol. The second-order valence-corrected chi connectivity index (χ2v) is 6.22. The van der Waals surface area contributed by atoms with E-state index in [2.05, 4.69) is 22.9 Å². The molecule has 25 heavy (non-hydrogen) atoms. The number of benzene rings is 1. The number of hydrogen-bond donors (Lipinski definition) is 0. The second kappa shape index (κ2) is 8.12. The molecule has 2 heterocycles. The van der Waals surface area contributed by atoms with Crippen LogP contribution in [0.3, 0.4) is 0 Å². The number of pyridine rings is 1. The molecule has 0 N–H and O–H groups in total. The van der Waals surface area contributed by atoms with Crippen molar-refractivity contribution in [3.63, 3.8) is 0 Å². The Morgan fingerprint density at radius 1 is 1.16 bits per heavy atom. The van der Waals surface area contributed by atoms with Gasteiger partial charge in [0.2, 0.25) is 0 Å². The van der Waals surface area contributed by atoms with E-state index in [4.69, 9.17) is 4.74 Å². The summed E-state index contributed by atoms with van der Waals surface area (Å²) in [6.45, 7) is 7.85. The number of nitrogens with zero attached hydrogens (tertiary/aromatic N) is 3. The third-order valence-corrected chi connectivity index (χ3v) is 4.73. The number of para-hydroxylation sites is 1. The average molecular weight is 339 g/mol. The van der Waals surface area contributed by atoms with Gasteiger partial charge in [-0.3, -0.25) is 14.7 Å². The molecule has 1 fully saturated rings. The first kappa shape index (κ1) is 17.4. The molecule has 1 saturated heterocycles. The molecular weight excluding hydrogens is 314 g/mol. The summed E-state index contributed by atoms with van der Waals surface area (Å²) in [5.41, 5.74) is 1.86. The lowest BCUT2D eigenvalue weighted by Gasteiger charge is -2.38. The van der Waals surface area contributed by atoms with E-state index in [0.29, 0.717) is 24.0 Å². The van der Waals surface area contributed by atoms with Crippen molar-refractivity contribution in [2.24, 2.45) is 0 Å². The van der Waals surface area contributed by atoms with Crippen molar-refractivity contribution in [3.8, 4) is 5.75 Å². The lowest BCUT2D eigenvalue weighted by molar-refractivity contribution is 0.0578. The summed E-state index contributed by atoms with van der Waals surface area (Å²) in [5.74, 6) is 0.721. The van der Waals surface area contributed by atoms with Crippen LogP contribution in [-0.4, -0.2) is 53.5 Å². The maximum atomic E-state index is 12.9. The Morgan fingerprint density at radius 3 is 2.60 bits per heavy atom. The summed E-state index contributed by atoms with van der Waals surface area (Å²) >= 11 is 0. The highest BCUT2D eigenvalue weighted by molar-refractivity contribution is 5.97. The highest BCUT2D eigenvalue weighted by Gasteiger charge is 2.26. The highest BCUT2D eigenvalue weighted by Crippen LogP contribution is 2.23. The van der Waals surface area contributed by atoms with E-state index in [-0.39, 0.29) is 5.91 Å². The minimum Gasteiger partial charge on any atom is -0.493 e. The number of aromatic nitrogens is 1. The van der Waals surface area contributed by atoms with Gasteiger partial charge in [-0.2, -0.15) is 0 Å². The van der Waals surface area contributed by atoms with E-state index < -0.39 is 0 Å². The molecule has 0 aliphatic carbocycles. The van der Waals surface area contributed by atoms with Crippen molar-refractivity contribution in [3.05, 3.63) is 59.9 Å². The fourth-order valence-electron chi connectivity index (χ4n) is 3.24. The van der Waals surface area contributed by atoms with E-state index in [1.165, 1.54) is 5.56 Å². The molecular formula is C20H25N3O2. The molecule has 0 bridgehead atoms. The van der Waals surface area contributed by atoms with Crippen molar-refractivity contribution in [1.82, 2.24) is 14.8 Å². The van der Waals surface area contributed by atoms with Gasteiger partial charge in [-0.1, -0.05) is 18.2 Å². The highest BCUT2D eigenvalue weighted by atomic mass is 16.5. The van der Waals surface area contributed by atoms with Crippen LogP contribution in [-0.2, 0) is 0 Å². The number of amides is 1. The van der Waals surface area contributed by atoms with Crippen molar-refractivity contribution in [2.45, 2.75) is 19.9 Å². The van der Waals surface area contributed by atoms with Gasteiger partial charge in [0.05, 0.1) is 12.2 Å². The molecule has 0 saturated carbocycles. The number of piperazine rings is 1. The number of ether oxygens (including phenoxy) is 1. The zero-order valence-electron chi connectivity index (χ0n) is 14.9. The molecule has 1 aromatic carbocycles. The minimum absolute atomic E-state index is 0.0535. The summed E-state index contributed by atoms with van der Waals surface area (Å²) in [7, 11) is 0. The molecule has 0 unspecified atom stereocenters. The molecule has 1 aliphatic rings. The molecule has 3 rings (SSSR count). The Labute approximate surface area is 149 Å². The summed E-state index contributed by atoms with van der Waals surface area (Å²) in [5, 5.41) is 0. The largest absolute Gasteiger partial charge is 0.493 e. The Hall–Kier alpha value is -2.40. The lowest BCUT2D eigenvalue weighted by Crippen LogP contribution is -2.49. The summed E-state index contributed by atoms with van der Waals surface area (Å²) in [6, 6.07) is 11.9. The second-order valence-electron chi connectivity index (χ2n) is 6.22. The summed E-state index contributed by atoms with van der Waals surface area (Å²) in [6.07, 6.45) is 3.71. The van der Waals surface area contributed by atoms with Gasteiger partial charge in [-0.15, -0.1) is 0 Å². The van der Waals surface area contributed by atoms with E-state index in [1.807, 2.05) is 48.4 Å². The Balaban J connectivity index is 1.63. The fourth-order valence-corrected chi connectivity index (χ4v) is 3.24. The van der Waals surface area contributed by atoms with E-state index >= 15 is 0 Å². The molecule has 1 aliphatic heterocycles. The average Bonchev–Trinajstić information content (AvgIpc) is 2.68. The van der Waals surface area contributed by atoms with Crippen molar-refractivity contribution in [1.29, 1.82) is 0 Å². The minimum atomic E-state index is 0.0535. The third kappa shape index (κ3) is 3.99. The Morgan fingerprint density at radius 2 is 1.92 bits per heavy atom. The van der Waals surface area contributed by atoms with Crippen LogP contribution in [0, 0.1) is 0 Å². The molecule has 0 radical (unpaired) electrons. The summed E-state index contributed by atoms with van der Waals surface area (Å²) < 4.78 is 5.60. The molecule has 1 atom stereocenters. The van der Waals surface area contributed by atoms with Crippen LogP contribution in [0.1, 0.15) is 35.8 Å². The normalized spacial score (nSPS) is 16.5. The van der Waals surface area contributed by atoms with Crippen LogP contribution in [0.4, 0.5) is 0 Å². The zero-order chi connectivity index (χ0) is 17.6. The van der Waals surface area contributed by atoms with E-state index in [0.717, 1.165) is 26.2 Å². The number of hydrogen-bond acceptors (Lipinski definition) is 4. The van der Waals surface area contributed by atoms with Gasteiger partial charge in [0, 0.05) is 44.6 Å². The standard InChI is InChI=1S/C20H25N3O2/c1-3-25-19-9-5-4-8-18(19)20(24)23-13-11-22(12-14-23)16(2)17-7-6-10-21-15-17/h4-10,15-16H,3,11-14H2,1-2H3/t16-/m1/s1. The quantitative estimate of drug-likeness (QED) is 0.840. The molecule has 2 aromatic rings. The van der Waals surface area contributed by atoms with Gasteiger partial charge >= 0.3 is 0 Å². The van der Waals surface area contributed by atoms with Gasteiger partial charge < -0.3 is 9.64 Å². The number of carbonyl (C=O) groups excluding carboxylic acids is 1. The smallest absolute Gasteiger partial charge is 0.257 e. The predicted octanol–water partition coefficient (Wildman–Crippen LogP) is 3.00. The van der Waals surface area contributed by atoms with Gasteiger partial charge in [-0.05, 0) is 37.6 Å². The van der Waals surface area contributed by atoms with Crippen LogP contribution >= 0.6 is 0 Å². The topological polar surface area (TPSA) is 45.7 Å². The predicted molar refractivity (Wildman–Crippen MR) is 97.7 cm³/mol. The van der Waals surface area contributed by atoms with Gasteiger partial charge in [0.15, 0.2) is 0 Å². The van der Waals surface area contributed by atoms with Gasteiger partial charge in [0.25, 0.3) is 5.91 Å². The van der Waals surface area contributed by atoms with E-state index in [9.17, 15) is 4.79 Å². The van der Waals surface area contributed by atoms with Crippen LogP contribution in [0.5, 0.6) is 5.75 Å². The van der Waals surface area contributed by atoms with Crippen molar-refractivity contribution in [2.75, 3.05) is 32.8 Å². The molecule has 132 valence electrons. The van der Waals surface area contributed by atoms with E-state index in [1.54, 1.807) is 6.20 Å². The number of rotatable bonds is 5. The maximum Gasteiger partial charge on any atom is 0.257 e. The van der Waals surface area contributed by atoms with Crippen LogP contribution in [0.15, 0.2) is 48.8 Å². The zero-order valence-corrected chi connectivity index (χ0v) is 14.9. The first-order valence-electron chi connectivity index (χ1n) is 8.85. The van der Waals surface area contributed by atoms with Crippen molar-refractivity contribution >= 4 is 5.91 Å². The Kier molecular flexibility index (Phi) is 5.66. The van der Waals surface area contributed by atoms with Crippen LogP contribution < -0.4 is 4.74 Å². The number of carbonyl (C=O) groups is 1. The SMILES string of the molecule is CCOc1ccccc1C(=O)N1CCN([C@H](C)c2cccnc2)CC1. The van der Waals surface area contributed by atoms with Crippen molar-refractivity contribution < 1.29 is 9.53 Å². The first-order chi connectivity index (χ1) is 12.2. The molecule has 5 nitrogen and oxygen atoms in total. The maximum absolute atomic E-state index is 12.9. The lowest BCUT2D eigenvalue weighted by atomic mass is 10.1. The van der Waals surface area contributed by atoms with Gasteiger partial charge in [-0.25, -0.2) is 0 Å². The molecule has 0 spiro atoms. The van der Waals surface area contributed by atoms with Crippen LogP contribution in [0.2, 0.25) is 0 Å². The van der Waals surface area contributed by atoms with Crippen LogP contribution in [0.25, 0.3) is 0 Å². The molecule has 5 heteroatoms.